The maximum absolute atomic E-state index is 12.3. The van der Waals surface area contributed by atoms with Gasteiger partial charge in [0.25, 0.3) is 0 Å². The van der Waals surface area contributed by atoms with Crippen LogP contribution in [0.15, 0.2) is 66.7 Å². The number of benzene rings is 3. The Balaban J connectivity index is 2.16. The molecule has 0 aliphatic heterocycles. The zero-order valence-corrected chi connectivity index (χ0v) is 23.4. The highest BCUT2D eigenvalue weighted by molar-refractivity contribution is 7.56. The molecule has 0 radical (unpaired) electrons. The van der Waals surface area contributed by atoms with Gasteiger partial charge < -0.3 is 4.74 Å². The first-order valence-electron chi connectivity index (χ1n) is 11.2. The fourth-order valence-electron chi connectivity index (χ4n) is 3.64. The molecule has 0 aliphatic carbocycles. The summed E-state index contributed by atoms with van der Waals surface area (Å²) in [6.07, 6.45) is 0. The third-order valence-corrected chi connectivity index (χ3v) is 10.9. The van der Waals surface area contributed by atoms with Gasteiger partial charge in [-0.2, -0.15) is 0 Å². The largest absolute Gasteiger partial charge is 0.488 e. The molecule has 0 aliphatic rings. The molecule has 0 amide bonds. The third kappa shape index (κ3) is 6.06. The molecule has 2 nitrogen and oxygen atoms in total. The van der Waals surface area contributed by atoms with E-state index >= 15 is 0 Å². The molecule has 3 aromatic carbocycles. The lowest BCUT2D eigenvalue weighted by Gasteiger charge is -2.28. The molecule has 0 aromatic heterocycles. The summed E-state index contributed by atoms with van der Waals surface area (Å²) in [4.78, 5) is 12.3. The highest BCUT2D eigenvalue weighted by atomic mass is 31.1. The Labute approximate surface area is 197 Å². The third-order valence-electron chi connectivity index (χ3n) is 5.56. The van der Waals surface area contributed by atoms with Crippen LogP contribution in [0.25, 0.3) is 0 Å². The van der Waals surface area contributed by atoms with Crippen molar-refractivity contribution in [2.45, 2.75) is 52.8 Å². The molecule has 168 valence electrons. The maximum Gasteiger partial charge on any atom is 0.160 e. The fraction of sp³-hybridized carbons (Fsp3) is 0.296. The molecular weight excluding hydrogens is 443 g/mol. The second-order valence-corrected chi connectivity index (χ2v) is 21.8. The predicted molar refractivity (Wildman–Crippen MR) is 147 cm³/mol. The van der Waals surface area contributed by atoms with E-state index in [1.165, 1.54) is 21.2 Å². The molecule has 3 aromatic rings. The fourth-order valence-corrected chi connectivity index (χ4v) is 8.10. The first kappa shape index (κ1) is 24.6. The van der Waals surface area contributed by atoms with E-state index in [-0.39, 0.29) is 5.78 Å². The number of carbonyl (C=O) groups excluding carboxylic acids is 1. The number of carbonyl (C=O) groups is 1. The molecular formula is C27H35O2PSi2. The number of ether oxygens (including phenoxy) is 1. The zero-order valence-electron chi connectivity index (χ0n) is 20.4. The van der Waals surface area contributed by atoms with E-state index in [0.29, 0.717) is 15.2 Å². The monoisotopic (exact) mass is 478 g/mol. The van der Waals surface area contributed by atoms with Gasteiger partial charge in [0.05, 0.1) is 16.1 Å². The average Bonchev–Trinajstić information content (AvgIpc) is 2.72. The Morgan fingerprint density at radius 3 is 2.03 bits per heavy atom. The van der Waals surface area contributed by atoms with Crippen molar-refractivity contribution in [2.24, 2.45) is 0 Å². The second-order valence-electron chi connectivity index (χ2n) is 10.4. The number of hydrogen-bond acceptors (Lipinski definition) is 2. The first-order valence-corrected chi connectivity index (χ1v) is 19.2. The normalized spacial score (nSPS) is 12.3. The first-order chi connectivity index (χ1) is 15.0. The Bertz CT molecular complexity index is 1100. The summed E-state index contributed by atoms with van der Waals surface area (Å²) in [5.41, 5.74) is 1.98. The molecule has 3 rings (SSSR count). The van der Waals surface area contributed by atoms with Crippen LogP contribution in [-0.4, -0.2) is 21.9 Å². The summed E-state index contributed by atoms with van der Waals surface area (Å²) in [6, 6.07) is 23.2. The van der Waals surface area contributed by atoms with Crippen LogP contribution in [0.4, 0.5) is 0 Å². The molecule has 0 fully saturated rings. The highest BCUT2D eigenvalue weighted by Gasteiger charge is 2.28. The van der Waals surface area contributed by atoms with Gasteiger partial charge in [0.1, 0.15) is 12.4 Å². The Morgan fingerprint density at radius 2 is 1.44 bits per heavy atom. The van der Waals surface area contributed by atoms with Crippen molar-refractivity contribution in [3.63, 3.8) is 0 Å². The van der Waals surface area contributed by atoms with E-state index in [9.17, 15) is 4.79 Å². The molecule has 0 saturated heterocycles. The van der Waals surface area contributed by atoms with Crippen LogP contribution in [0.5, 0.6) is 5.75 Å². The van der Waals surface area contributed by atoms with E-state index in [1.807, 2.05) is 24.3 Å². The minimum atomic E-state index is -1.68. The minimum absolute atomic E-state index is 0.117. The van der Waals surface area contributed by atoms with Crippen molar-refractivity contribution in [1.82, 2.24) is 0 Å². The van der Waals surface area contributed by atoms with E-state index < -0.39 is 16.1 Å². The van der Waals surface area contributed by atoms with Gasteiger partial charge in [-0.05, 0) is 23.0 Å². The average molecular weight is 479 g/mol. The SMILES string of the molecule is CC(=O)c1ccccc1Pc1cc([Si](C)(C)C)cc([Si](C)(C)C)c1OCc1ccccc1. The van der Waals surface area contributed by atoms with E-state index in [0.717, 1.165) is 16.6 Å². The lowest BCUT2D eigenvalue weighted by Crippen LogP contribution is -2.48. The van der Waals surface area contributed by atoms with Gasteiger partial charge in [0, 0.05) is 10.9 Å². The van der Waals surface area contributed by atoms with Crippen LogP contribution in [-0.2, 0) is 6.61 Å². The van der Waals surface area contributed by atoms with Crippen LogP contribution >= 0.6 is 8.58 Å². The van der Waals surface area contributed by atoms with Gasteiger partial charge in [0.2, 0.25) is 0 Å². The summed E-state index contributed by atoms with van der Waals surface area (Å²) in [7, 11) is -2.82. The van der Waals surface area contributed by atoms with Crippen molar-refractivity contribution >= 4 is 51.5 Å². The van der Waals surface area contributed by atoms with Crippen LogP contribution in [0.2, 0.25) is 39.3 Å². The number of rotatable bonds is 8. The van der Waals surface area contributed by atoms with E-state index in [2.05, 4.69) is 81.7 Å². The van der Waals surface area contributed by atoms with Crippen molar-refractivity contribution in [1.29, 1.82) is 0 Å². The summed E-state index contributed by atoms with van der Waals surface area (Å²) in [5.74, 6) is 1.15. The van der Waals surface area contributed by atoms with Crippen molar-refractivity contribution in [3.05, 3.63) is 77.9 Å². The Morgan fingerprint density at radius 1 is 0.812 bits per heavy atom. The second kappa shape index (κ2) is 9.86. The van der Waals surface area contributed by atoms with Gasteiger partial charge in [-0.1, -0.05) is 120 Å². The highest BCUT2D eigenvalue weighted by Crippen LogP contribution is 2.24. The van der Waals surface area contributed by atoms with Crippen LogP contribution in [0.1, 0.15) is 22.8 Å². The van der Waals surface area contributed by atoms with Gasteiger partial charge in [-0.25, -0.2) is 0 Å². The molecule has 1 atom stereocenters. The molecule has 0 N–H and O–H groups in total. The van der Waals surface area contributed by atoms with Crippen molar-refractivity contribution < 1.29 is 9.53 Å². The van der Waals surface area contributed by atoms with E-state index in [4.69, 9.17) is 4.74 Å². The number of hydrogen-bond donors (Lipinski definition) is 0. The van der Waals surface area contributed by atoms with Crippen molar-refractivity contribution in [3.8, 4) is 5.75 Å². The van der Waals surface area contributed by atoms with Gasteiger partial charge in [-0.15, -0.1) is 0 Å². The van der Waals surface area contributed by atoms with Gasteiger partial charge in [-0.3, -0.25) is 4.79 Å². The molecule has 0 bridgehead atoms. The molecule has 1 unspecified atom stereocenters. The molecule has 0 spiro atoms. The molecule has 0 heterocycles. The Kier molecular flexibility index (Phi) is 7.59. The minimum Gasteiger partial charge on any atom is -0.488 e. The van der Waals surface area contributed by atoms with Gasteiger partial charge in [0.15, 0.2) is 5.78 Å². The summed E-state index contributed by atoms with van der Waals surface area (Å²) >= 11 is 0. The smallest absolute Gasteiger partial charge is 0.160 e. The van der Waals surface area contributed by atoms with Gasteiger partial charge >= 0.3 is 0 Å². The summed E-state index contributed by atoms with van der Waals surface area (Å²) < 4.78 is 6.59. The lowest BCUT2D eigenvalue weighted by molar-refractivity contribution is 0.101. The Hall–Kier alpha value is -2.01. The predicted octanol–water partition coefficient (Wildman–Crippen LogP) is 5.19. The maximum atomic E-state index is 12.3. The topological polar surface area (TPSA) is 26.3 Å². The number of Topliss-reactive ketones (excluding diaryl/α,β-unsaturated/α-hetero) is 1. The standard InChI is InChI=1S/C27H35O2PSi2/c1-20(28)23-15-11-12-16-24(23)30-25-17-22(31(2,3)4)18-26(32(5,6)7)27(25)29-19-21-13-9-8-10-14-21/h8-18,30H,19H2,1-7H3. The molecule has 32 heavy (non-hydrogen) atoms. The van der Waals surface area contributed by atoms with Crippen molar-refractivity contribution in [2.75, 3.05) is 0 Å². The summed E-state index contributed by atoms with van der Waals surface area (Å²) in [6.45, 7) is 16.6. The summed E-state index contributed by atoms with van der Waals surface area (Å²) in [5, 5.41) is 5.17. The molecule has 5 heteroatoms. The quantitative estimate of drug-likeness (QED) is 0.253. The van der Waals surface area contributed by atoms with Crippen LogP contribution in [0.3, 0.4) is 0 Å². The number of ketones is 1. The van der Waals surface area contributed by atoms with E-state index in [1.54, 1.807) is 6.92 Å². The lowest BCUT2D eigenvalue weighted by atomic mass is 10.1. The van der Waals surface area contributed by atoms with Crippen LogP contribution < -0.4 is 25.7 Å². The molecule has 0 saturated carbocycles. The zero-order chi connectivity index (χ0) is 23.5. The van der Waals surface area contributed by atoms with Crippen LogP contribution in [0, 0.1) is 0 Å².